The summed E-state index contributed by atoms with van der Waals surface area (Å²) in [5, 5.41) is 5.44. The van der Waals surface area contributed by atoms with Gasteiger partial charge in [-0.1, -0.05) is 17.3 Å². The molecule has 0 heterocycles. The monoisotopic (exact) mass is 232 g/mol. The second-order valence-corrected chi connectivity index (χ2v) is 4.05. The lowest BCUT2D eigenvalue weighted by Gasteiger charge is -2.21. The first-order chi connectivity index (χ1) is 8.13. The van der Waals surface area contributed by atoms with Gasteiger partial charge in [0.15, 0.2) is 11.8 Å². The minimum absolute atomic E-state index is 0.243. The maximum absolute atomic E-state index is 12.0. The van der Waals surface area contributed by atoms with Gasteiger partial charge in [0.25, 0.3) is 0 Å². The van der Waals surface area contributed by atoms with Crippen LogP contribution in [0.4, 0.5) is 5.69 Å². The van der Waals surface area contributed by atoms with Gasteiger partial charge in [-0.05, 0) is 24.5 Å². The molecule has 1 aromatic carbocycles. The second kappa shape index (κ2) is 4.45. The second-order valence-electron chi connectivity index (χ2n) is 4.05. The predicted octanol–water partition coefficient (Wildman–Crippen LogP) is 1.91. The Labute approximate surface area is 98.2 Å². The molecular formula is C12H12N2O3. The quantitative estimate of drug-likeness (QED) is 0.791. The Morgan fingerprint density at radius 1 is 1.47 bits per heavy atom. The summed E-state index contributed by atoms with van der Waals surface area (Å²) in [7, 11) is 0. The van der Waals surface area contributed by atoms with Crippen LogP contribution < -0.4 is 5.32 Å². The molecule has 17 heavy (non-hydrogen) atoms. The van der Waals surface area contributed by atoms with Crippen molar-refractivity contribution in [3.05, 3.63) is 34.2 Å². The van der Waals surface area contributed by atoms with Crippen LogP contribution in [-0.4, -0.2) is 17.7 Å². The average Bonchev–Trinajstić information content (AvgIpc) is 2.29. The standard InChI is InChI=1S/C12H12N2O3/c1-7(15)13-9-4-2-3-8-5-6-10(14-17)12(16)11(8)9/h2-4,10H,5-6H2,1H3,(H,13,15). The van der Waals surface area contributed by atoms with Gasteiger partial charge >= 0.3 is 0 Å². The van der Waals surface area contributed by atoms with Gasteiger partial charge in [-0.2, -0.15) is 4.91 Å². The number of ketones is 1. The fourth-order valence-corrected chi connectivity index (χ4v) is 2.08. The molecule has 0 fully saturated rings. The number of hydrogen-bond acceptors (Lipinski definition) is 4. The van der Waals surface area contributed by atoms with Crippen LogP contribution in [-0.2, 0) is 11.2 Å². The highest BCUT2D eigenvalue weighted by Crippen LogP contribution is 2.29. The number of rotatable bonds is 2. The van der Waals surface area contributed by atoms with Crippen molar-refractivity contribution in [2.75, 3.05) is 5.32 Å². The molecule has 1 aromatic rings. The lowest BCUT2D eigenvalue weighted by atomic mass is 9.86. The highest BCUT2D eigenvalue weighted by molar-refractivity contribution is 6.09. The topological polar surface area (TPSA) is 75.6 Å². The maximum Gasteiger partial charge on any atom is 0.221 e. The summed E-state index contributed by atoms with van der Waals surface area (Å²) in [6, 6.07) is 4.45. The van der Waals surface area contributed by atoms with Crippen molar-refractivity contribution in [2.45, 2.75) is 25.8 Å². The van der Waals surface area contributed by atoms with Crippen LogP contribution >= 0.6 is 0 Å². The third-order valence-electron chi connectivity index (χ3n) is 2.82. The Morgan fingerprint density at radius 3 is 2.88 bits per heavy atom. The SMILES string of the molecule is CC(=O)Nc1cccc2c1C(=O)C(N=O)CC2. The lowest BCUT2D eigenvalue weighted by Crippen LogP contribution is -2.27. The predicted molar refractivity (Wildman–Crippen MR) is 63.0 cm³/mol. The van der Waals surface area contributed by atoms with E-state index < -0.39 is 6.04 Å². The van der Waals surface area contributed by atoms with E-state index in [2.05, 4.69) is 10.5 Å². The highest BCUT2D eigenvalue weighted by atomic mass is 16.3. The number of nitrogens with zero attached hydrogens (tertiary/aromatic N) is 1. The Morgan fingerprint density at radius 2 is 2.24 bits per heavy atom. The van der Waals surface area contributed by atoms with Gasteiger partial charge in [0.2, 0.25) is 5.91 Å². The summed E-state index contributed by atoms with van der Waals surface area (Å²) >= 11 is 0. The number of anilines is 1. The molecule has 0 spiro atoms. The number of Topliss-reactive ketones (excluding diaryl/α,β-unsaturated/α-hetero) is 1. The molecule has 0 bridgehead atoms. The van der Waals surface area contributed by atoms with Crippen LogP contribution in [0.2, 0.25) is 0 Å². The number of hydrogen-bond donors (Lipinski definition) is 1. The zero-order valence-electron chi connectivity index (χ0n) is 9.40. The molecule has 0 saturated carbocycles. The summed E-state index contributed by atoms with van der Waals surface area (Å²) in [5.74, 6) is -0.544. The van der Waals surface area contributed by atoms with E-state index in [9.17, 15) is 14.5 Å². The van der Waals surface area contributed by atoms with Gasteiger partial charge in [0.05, 0.1) is 5.69 Å². The molecule has 2 rings (SSSR count). The molecular weight excluding hydrogens is 220 g/mol. The lowest BCUT2D eigenvalue weighted by molar-refractivity contribution is -0.114. The Hall–Kier alpha value is -2.04. The van der Waals surface area contributed by atoms with E-state index in [0.717, 1.165) is 5.56 Å². The summed E-state index contributed by atoms with van der Waals surface area (Å²) in [5.41, 5.74) is 1.76. The van der Waals surface area contributed by atoms with Gasteiger partial charge in [-0.3, -0.25) is 9.59 Å². The normalized spacial score (nSPS) is 18.4. The van der Waals surface area contributed by atoms with E-state index in [1.807, 2.05) is 6.07 Å². The molecule has 1 aliphatic rings. The molecule has 0 saturated heterocycles. The third kappa shape index (κ3) is 2.08. The zero-order valence-corrected chi connectivity index (χ0v) is 9.40. The number of nitroso groups, excluding NO2 is 1. The molecule has 5 nitrogen and oxygen atoms in total. The van der Waals surface area contributed by atoms with Crippen molar-refractivity contribution in [1.29, 1.82) is 0 Å². The first-order valence-electron chi connectivity index (χ1n) is 5.39. The smallest absolute Gasteiger partial charge is 0.221 e. The molecule has 0 aliphatic heterocycles. The highest BCUT2D eigenvalue weighted by Gasteiger charge is 2.30. The van der Waals surface area contributed by atoms with Crippen molar-refractivity contribution in [3.63, 3.8) is 0 Å². The Balaban J connectivity index is 2.48. The maximum atomic E-state index is 12.0. The van der Waals surface area contributed by atoms with Crippen LogP contribution in [0, 0.1) is 4.91 Å². The number of carbonyl (C=O) groups excluding carboxylic acids is 2. The zero-order chi connectivity index (χ0) is 12.4. The van der Waals surface area contributed by atoms with Gasteiger partial charge in [-0.25, -0.2) is 0 Å². The number of benzene rings is 1. The minimum atomic E-state index is -0.822. The van der Waals surface area contributed by atoms with E-state index in [4.69, 9.17) is 0 Å². The van der Waals surface area contributed by atoms with E-state index in [0.29, 0.717) is 24.1 Å². The molecule has 1 unspecified atom stereocenters. The fourth-order valence-electron chi connectivity index (χ4n) is 2.08. The first-order valence-corrected chi connectivity index (χ1v) is 5.39. The first kappa shape index (κ1) is 11.4. The molecule has 0 radical (unpaired) electrons. The van der Waals surface area contributed by atoms with Crippen molar-refractivity contribution in [2.24, 2.45) is 5.18 Å². The fraction of sp³-hybridized carbons (Fsp3) is 0.333. The summed E-state index contributed by atoms with van der Waals surface area (Å²) in [6.07, 6.45) is 1.07. The molecule has 1 amide bonds. The van der Waals surface area contributed by atoms with Crippen LogP contribution in [0.1, 0.15) is 29.3 Å². The van der Waals surface area contributed by atoms with Crippen LogP contribution in [0.3, 0.4) is 0 Å². The number of aryl methyl sites for hydroxylation is 1. The van der Waals surface area contributed by atoms with Gasteiger partial charge in [0.1, 0.15) is 0 Å². The Kier molecular flexibility index (Phi) is 2.99. The Bertz CT molecular complexity index is 497. The van der Waals surface area contributed by atoms with Crippen molar-refractivity contribution in [3.8, 4) is 0 Å². The summed E-state index contributed by atoms with van der Waals surface area (Å²) in [4.78, 5) is 33.6. The third-order valence-corrected chi connectivity index (χ3v) is 2.82. The van der Waals surface area contributed by atoms with Crippen LogP contribution in [0.25, 0.3) is 0 Å². The number of carbonyl (C=O) groups is 2. The van der Waals surface area contributed by atoms with E-state index in [-0.39, 0.29) is 11.7 Å². The number of amides is 1. The largest absolute Gasteiger partial charge is 0.326 e. The summed E-state index contributed by atoms with van der Waals surface area (Å²) < 4.78 is 0. The van der Waals surface area contributed by atoms with Gasteiger partial charge in [0, 0.05) is 12.5 Å². The number of fused-ring (bicyclic) bond motifs is 1. The van der Waals surface area contributed by atoms with E-state index in [1.165, 1.54) is 6.92 Å². The average molecular weight is 232 g/mol. The molecule has 1 N–H and O–H groups in total. The van der Waals surface area contributed by atoms with Gasteiger partial charge < -0.3 is 5.32 Å². The van der Waals surface area contributed by atoms with Crippen molar-refractivity contribution < 1.29 is 9.59 Å². The number of nitrogens with one attached hydrogen (secondary N) is 1. The summed E-state index contributed by atoms with van der Waals surface area (Å²) in [6.45, 7) is 1.38. The minimum Gasteiger partial charge on any atom is -0.326 e. The molecule has 1 atom stereocenters. The van der Waals surface area contributed by atoms with Crippen LogP contribution in [0.15, 0.2) is 23.4 Å². The van der Waals surface area contributed by atoms with Crippen molar-refractivity contribution >= 4 is 17.4 Å². The van der Waals surface area contributed by atoms with E-state index >= 15 is 0 Å². The molecule has 5 heteroatoms. The molecule has 1 aliphatic carbocycles. The molecule has 88 valence electrons. The van der Waals surface area contributed by atoms with Crippen LogP contribution in [0.5, 0.6) is 0 Å². The van der Waals surface area contributed by atoms with Gasteiger partial charge in [-0.15, -0.1) is 0 Å². The van der Waals surface area contributed by atoms with Crippen molar-refractivity contribution in [1.82, 2.24) is 0 Å². The molecule has 0 aromatic heterocycles. The van der Waals surface area contributed by atoms with E-state index in [1.54, 1.807) is 12.1 Å².